The lowest BCUT2D eigenvalue weighted by Gasteiger charge is -2.32. The van der Waals surface area contributed by atoms with Gasteiger partial charge in [0.15, 0.2) is 0 Å². The van der Waals surface area contributed by atoms with E-state index >= 15 is 0 Å². The first-order valence-corrected chi connectivity index (χ1v) is 9.24. The first-order chi connectivity index (χ1) is 12.4. The smallest absolute Gasteiger partial charge is 0.0765 e. The van der Waals surface area contributed by atoms with Gasteiger partial charge < -0.3 is 9.64 Å². The molecule has 5 rings (SSSR count). The summed E-state index contributed by atoms with van der Waals surface area (Å²) in [4.78, 5) is 7.63. The van der Waals surface area contributed by atoms with Crippen molar-refractivity contribution >= 4 is 16.6 Å². The Bertz CT molecular complexity index is 928. The topological polar surface area (TPSA) is 25.4 Å². The monoisotopic (exact) mass is 330 g/mol. The molecule has 3 nitrogen and oxygen atoms in total. The summed E-state index contributed by atoms with van der Waals surface area (Å²) in [5, 5.41) is 1.28. The summed E-state index contributed by atoms with van der Waals surface area (Å²) in [6.07, 6.45) is 3.40. The van der Waals surface area contributed by atoms with Gasteiger partial charge >= 0.3 is 0 Å². The summed E-state index contributed by atoms with van der Waals surface area (Å²) in [6, 6.07) is 17.4. The molecule has 0 saturated carbocycles. The normalized spacial score (nSPS) is 17.0. The second-order valence-electron chi connectivity index (χ2n) is 6.91. The summed E-state index contributed by atoms with van der Waals surface area (Å²) in [7, 11) is 0. The molecule has 1 fully saturated rings. The third-order valence-electron chi connectivity index (χ3n) is 5.44. The molecule has 126 valence electrons. The van der Waals surface area contributed by atoms with Crippen molar-refractivity contribution in [3.8, 4) is 11.3 Å². The molecule has 0 amide bonds. The number of aromatic nitrogens is 1. The lowest BCUT2D eigenvalue weighted by Crippen LogP contribution is -2.37. The number of anilines is 1. The van der Waals surface area contributed by atoms with Gasteiger partial charge in [0.1, 0.15) is 0 Å². The third kappa shape index (κ3) is 2.50. The summed E-state index contributed by atoms with van der Waals surface area (Å²) in [5.41, 5.74) is 7.84. The van der Waals surface area contributed by atoms with E-state index in [1.807, 2.05) is 0 Å². The summed E-state index contributed by atoms with van der Waals surface area (Å²) in [5.74, 6) is 0. The number of morpholine rings is 1. The van der Waals surface area contributed by atoms with Crippen molar-refractivity contribution in [1.29, 1.82) is 0 Å². The Hall–Kier alpha value is -2.39. The highest BCUT2D eigenvalue weighted by molar-refractivity contribution is 5.97. The molecule has 1 saturated heterocycles. The Morgan fingerprint density at radius 2 is 1.68 bits per heavy atom. The molecule has 0 atom stereocenters. The zero-order chi connectivity index (χ0) is 16.6. The zero-order valence-corrected chi connectivity index (χ0v) is 14.4. The average Bonchev–Trinajstić information content (AvgIpc) is 2.86. The maximum atomic E-state index is 5.60. The minimum absolute atomic E-state index is 0.808. The number of nitrogens with zero attached hydrogens (tertiary/aromatic N) is 2. The molecule has 2 heterocycles. The fourth-order valence-electron chi connectivity index (χ4n) is 4.27. The van der Waals surface area contributed by atoms with Crippen molar-refractivity contribution < 1.29 is 4.74 Å². The number of pyridine rings is 1. The zero-order valence-electron chi connectivity index (χ0n) is 14.4. The van der Waals surface area contributed by atoms with E-state index in [4.69, 9.17) is 9.72 Å². The molecule has 0 N–H and O–H groups in total. The van der Waals surface area contributed by atoms with Crippen molar-refractivity contribution in [2.45, 2.75) is 19.3 Å². The lowest BCUT2D eigenvalue weighted by atomic mass is 9.97. The van der Waals surface area contributed by atoms with Crippen LogP contribution in [0.25, 0.3) is 22.2 Å². The van der Waals surface area contributed by atoms with Crippen LogP contribution in [0.1, 0.15) is 17.5 Å². The summed E-state index contributed by atoms with van der Waals surface area (Å²) >= 11 is 0. The first kappa shape index (κ1) is 14.9. The number of benzene rings is 2. The van der Waals surface area contributed by atoms with Crippen LogP contribution in [0.4, 0.5) is 5.69 Å². The molecule has 1 aromatic heterocycles. The molecule has 2 aromatic carbocycles. The maximum Gasteiger partial charge on any atom is 0.0765 e. The van der Waals surface area contributed by atoms with Gasteiger partial charge in [-0.05, 0) is 30.9 Å². The molecular formula is C22H22N2O. The summed E-state index contributed by atoms with van der Waals surface area (Å²) < 4.78 is 5.60. The van der Waals surface area contributed by atoms with Crippen LogP contribution < -0.4 is 4.90 Å². The Morgan fingerprint density at radius 3 is 2.60 bits per heavy atom. The largest absolute Gasteiger partial charge is 0.378 e. The van der Waals surface area contributed by atoms with Gasteiger partial charge in [0.05, 0.1) is 30.1 Å². The Labute approximate surface area is 148 Å². The van der Waals surface area contributed by atoms with Crippen LogP contribution >= 0.6 is 0 Å². The average molecular weight is 330 g/mol. The van der Waals surface area contributed by atoms with E-state index in [2.05, 4.69) is 53.4 Å². The quantitative estimate of drug-likeness (QED) is 0.668. The van der Waals surface area contributed by atoms with E-state index in [-0.39, 0.29) is 0 Å². The maximum absolute atomic E-state index is 5.60. The molecule has 3 aromatic rings. The van der Waals surface area contributed by atoms with E-state index in [9.17, 15) is 0 Å². The van der Waals surface area contributed by atoms with Crippen LogP contribution in [-0.2, 0) is 17.6 Å². The molecule has 3 heteroatoms. The molecule has 1 aliphatic carbocycles. The Morgan fingerprint density at radius 1 is 0.880 bits per heavy atom. The van der Waals surface area contributed by atoms with E-state index in [1.165, 1.54) is 39.9 Å². The Balaban J connectivity index is 1.82. The minimum atomic E-state index is 0.808. The van der Waals surface area contributed by atoms with Gasteiger partial charge in [0.25, 0.3) is 0 Å². The van der Waals surface area contributed by atoms with Gasteiger partial charge in [-0.3, -0.25) is 0 Å². The second-order valence-corrected chi connectivity index (χ2v) is 6.91. The molecule has 25 heavy (non-hydrogen) atoms. The molecule has 1 aliphatic heterocycles. The Kier molecular flexibility index (Phi) is 3.67. The first-order valence-electron chi connectivity index (χ1n) is 9.24. The molecule has 0 bridgehead atoms. The molecule has 0 radical (unpaired) electrons. The van der Waals surface area contributed by atoms with Gasteiger partial charge in [0, 0.05) is 29.6 Å². The lowest BCUT2D eigenvalue weighted by molar-refractivity contribution is 0.123. The molecule has 0 unspecified atom stereocenters. The summed E-state index contributed by atoms with van der Waals surface area (Å²) in [6.45, 7) is 3.54. The van der Waals surface area contributed by atoms with Crippen LogP contribution in [0.15, 0.2) is 48.5 Å². The highest BCUT2D eigenvalue weighted by Crippen LogP contribution is 2.40. The molecular weight excluding hydrogens is 308 g/mol. The van der Waals surface area contributed by atoms with Crippen molar-refractivity contribution in [3.05, 3.63) is 59.7 Å². The predicted molar refractivity (Wildman–Crippen MR) is 102 cm³/mol. The van der Waals surface area contributed by atoms with Crippen molar-refractivity contribution in [3.63, 3.8) is 0 Å². The van der Waals surface area contributed by atoms with E-state index in [1.54, 1.807) is 0 Å². The number of rotatable bonds is 1. The van der Waals surface area contributed by atoms with Gasteiger partial charge in [-0.2, -0.15) is 0 Å². The number of hydrogen-bond donors (Lipinski definition) is 0. The van der Waals surface area contributed by atoms with Gasteiger partial charge in [-0.1, -0.05) is 42.5 Å². The van der Waals surface area contributed by atoms with Crippen LogP contribution in [0.5, 0.6) is 0 Å². The van der Waals surface area contributed by atoms with E-state index < -0.39 is 0 Å². The highest BCUT2D eigenvalue weighted by Gasteiger charge is 2.24. The van der Waals surface area contributed by atoms with Crippen molar-refractivity contribution in [1.82, 2.24) is 4.98 Å². The van der Waals surface area contributed by atoms with Crippen molar-refractivity contribution in [2.24, 2.45) is 0 Å². The fraction of sp³-hybridized carbons (Fsp3) is 0.318. The van der Waals surface area contributed by atoms with Gasteiger partial charge in [0.2, 0.25) is 0 Å². The standard InChI is InChI=1S/C22H22N2O/c1-2-8-17-16(6-1)7-5-10-19-21(17)23-20-11-4-3-9-18(20)22(19)24-12-14-25-15-13-24/h1-4,6,8-9,11H,5,7,10,12-15H2. The third-order valence-corrected chi connectivity index (χ3v) is 5.44. The number of ether oxygens (including phenoxy) is 1. The predicted octanol–water partition coefficient (Wildman–Crippen LogP) is 4.23. The van der Waals surface area contributed by atoms with Crippen LogP contribution in [-0.4, -0.2) is 31.3 Å². The minimum Gasteiger partial charge on any atom is -0.378 e. The number of para-hydroxylation sites is 1. The second kappa shape index (κ2) is 6.16. The van der Waals surface area contributed by atoms with Crippen LogP contribution in [0.2, 0.25) is 0 Å². The number of fused-ring (bicyclic) bond motifs is 4. The SMILES string of the molecule is c1ccc2c(c1)CCCc1c-2nc2ccccc2c1N1CCOCC1. The van der Waals surface area contributed by atoms with Gasteiger partial charge in [-0.25, -0.2) is 4.98 Å². The van der Waals surface area contributed by atoms with E-state index in [0.717, 1.165) is 44.7 Å². The van der Waals surface area contributed by atoms with E-state index in [0.29, 0.717) is 0 Å². The van der Waals surface area contributed by atoms with Crippen LogP contribution in [0, 0.1) is 0 Å². The van der Waals surface area contributed by atoms with Gasteiger partial charge in [-0.15, -0.1) is 0 Å². The number of hydrogen-bond acceptors (Lipinski definition) is 3. The highest BCUT2D eigenvalue weighted by atomic mass is 16.5. The van der Waals surface area contributed by atoms with Crippen LogP contribution in [0.3, 0.4) is 0 Å². The van der Waals surface area contributed by atoms with Crippen molar-refractivity contribution in [2.75, 3.05) is 31.2 Å². The number of aryl methyl sites for hydroxylation is 1. The molecule has 0 spiro atoms. The fourth-order valence-corrected chi connectivity index (χ4v) is 4.27. The molecule has 2 aliphatic rings.